The van der Waals surface area contributed by atoms with Crippen molar-refractivity contribution in [3.63, 3.8) is 0 Å². The Kier molecular flexibility index (Phi) is 5.57. The van der Waals surface area contributed by atoms with E-state index in [1.165, 1.54) is 0 Å². The maximum Gasteiger partial charge on any atom is 0.227 e. The highest BCUT2D eigenvalue weighted by Crippen LogP contribution is 2.28. The number of benzene rings is 1. The van der Waals surface area contributed by atoms with Gasteiger partial charge in [0.2, 0.25) is 17.5 Å². The lowest BCUT2D eigenvalue weighted by Crippen LogP contribution is -2.47. The van der Waals surface area contributed by atoms with Gasteiger partial charge in [-0.2, -0.15) is 0 Å². The number of nitrogens with zero attached hydrogens (tertiary/aromatic N) is 6. The number of rotatable bonds is 5. The predicted octanol–water partition coefficient (Wildman–Crippen LogP) is 1.58. The normalized spacial score (nSPS) is 19.3. The number of anilines is 2. The molecule has 33 heavy (non-hydrogen) atoms. The van der Waals surface area contributed by atoms with Crippen LogP contribution in [0.2, 0.25) is 0 Å². The predicted molar refractivity (Wildman–Crippen MR) is 122 cm³/mol. The molecule has 3 aromatic rings. The standard InChI is InChI=1S/C23H27N7O3/c1-15-26-27-22-21(24-8-11-29(15)22)28-9-6-17(7-10-28)25-23(32)16-12-20(31)30(14-16)18-4-3-5-19(13-18)33-2/h3-5,8,11,13,16-17H,6-7,9-10,12,14H2,1-2H3,(H,25,32)/t16-/m1/s1. The van der Waals surface area contributed by atoms with E-state index in [1.54, 1.807) is 18.2 Å². The van der Waals surface area contributed by atoms with Crippen molar-refractivity contribution in [1.82, 2.24) is 24.9 Å². The average Bonchev–Trinajstić information content (AvgIpc) is 3.42. The molecule has 10 heteroatoms. The first-order valence-electron chi connectivity index (χ1n) is 11.2. The molecule has 1 aromatic carbocycles. The topological polar surface area (TPSA) is 105 Å². The fourth-order valence-electron chi connectivity index (χ4n) is 4.62. The first-order chi connectivity index (χ1) is 16.0. The second kappa shape index (κ2) is 8.68. The maximum atomic E-state index is 12.9. The van der Waals surface area contributed by atoms with E-state index in [-0.39, 0.29) is 30.2 Å². The number of carbonyl (C=O) groups excluding carboxylic acids is 2. The number of aromatic nitrogens is 4. The minimum atomic E-state index is -0.351. The SMILES string of the molecule is COc1cccc(N2C[C@H](C(=O)NC3CCN(c4nccn5c(C)nnc45)CC3)CC2=O)c1. The third-order valence-corrected chi connectivity index (χ3v) is 6.48. The van der Waals surface area contributed by atoms with Gasteiger partial charge in [0.15, 0.2) is 5.82 Å². The molecule has 1 N–H and O–H groups in total. The second-order valence-electron chi connectivity index (χ2n) is 8.57. The lowest BCUT2D eigenvalue weighted by Gasteiger charge is -2.33. The Labute approximate surface area is 191 Å². The fraction of sp³-hybridized carbons (Fsp3) is 0.435. The summed E-state index contributed by atoms with van der Waals surface area (Å²) in [6.45, 7) is 3.83. The van der Waals surface area contributed by atoms with Gasteiger partial charge in [0.25, 0.3) is 0 Å². The highest BCUT2D eigenvalue weighted by Gasteiger charge is 2.36. The summed E-state index contributed by atoms with van der Waals surface area (Å²) in [6, 6.07) is 7.44. The number of hydrogen-bond donors (Lipinski definition) is 1. The number of carbonyl (C=O) groups is 2. The van der Waals surface area contributed by atoms with E-state index >= 15 is 0 Å². The summed E-state index contributed by atoms with van der Waals surface area (Å²) in [5.74, 6) is 1.88. The van der Waals surface area contributed by atoms with Gasteiger partial charge in [-0.3, -0.25) is 14.0 Å². The van der Waals surface area contributed by atoms with E-state index in [2.05, 4.69) is 25.4 Å². The van der Waals surface area contributed by atoms with Crippen molar-refractivity contribution in [1.29, 1.82) is 0 Å². The summed E-state index contributed by atoms with van der Waals surface area (Å²) in [5, 5.41) is 11.6. The van der Waals surface area contributed by atoms with Crippen molar-refractivity contribution in [3.8, 4) is 5.75 Å². The zero-order chi connectivity index (χ0) is 22.9. The van der Waals surface area contributed by atoms with Crippen molar-refractivity contribution in [2.75, 3.05) is 36.5 Å². The van der Waals surface area contributed by atoms with Gasteiger partial charge in [-0.25, -0.2) is 4.98 Å². The van der Waals surface area contributed by atoms with Crippen molar-refractivity contribution < 1.29 is 14.3 Å². The zero-order valence-electron chi connectivity index (χ0n) is 18.8. The summed E-state index contributed by atoms with van der Waals surface area (Å²) >= 11 is 0. The summed E-state index contributed by atoms with van der Waals surface area (Å²) in [5.41, 5.74) is 1.51. The number of nitrogens with one attached hydrogen (secondary N) is 1. The molecule has 2 saturated heterocycles. The van der Waals surface area contributed by atoms with Crippen LogP contribution < -0.4 is 19.9 Å². The highest BCUT2D eigenvalue weighted by atomic mass is 16.5. The first-order valence-corrected chi connectivity index (χ1v) is 11.2. The molecule has 1 atom stereocenters. The van der Waals surface area contributed by atoms with Gasteiger partial charge in [0.1, 0.15) is 11.6 Å². The third-order valence-electron chi connectivity index (χ3n) is 6.48. The largest absolute Gasteiger partial charge is 0.497 e. The Morgan fingerprint density at radius 3 is 2.82 bits per heavy atom. The van der Waals surface area contributed by atoms with Gasteiger partial charge in [0.05, 0.1) is 13.0 Å². The molecule has 0 unspecified atom stereocenters. The van der Waals surface area contributed by atoms with E-state index in [1.807, 2.05) is 41.8 Å². The van der Waals surface area contributed by atoms with Crippen LogP contribution in [0.15, 0.2) is 36.7 Å². The van der Waals surface area contributed by atoms with Crippen LogP contribution in [0.4, 0.5) is 11.5 Å². The summed E-state index contributed by atoms with van der Waals surface area (Å²) in [4.78, 5) is 33.9. The van der Waals surface area contributed by atoms with Gasteiger partial charge in [-0.15, -0.1) is 10.2 Å². The van der Waals surface area contributed by atoms with E-state index in [0.29, 0.717) is 12.3 Å². The second-order valence-corrected chi connectivity index (χ2v) is 8.57. The molecule has 172 valence electrons. The number of amides is 2. The van der Waals surface area contributed by atoms with Crippen LogP contribution in [-0.4, -0.2) is 64.2 Å². The molecule has 2 amide bonds. The van der Waals surface area contributed by atoms with Crippen LogP contribution in [0.1, 0.15) is 25.1 Å². The average molecular weight is 450 g/mol. The number of fused-ring (bicyclic) bond motifs is 1. The Hall–Kier alpha value is -3.69. The Balaban J connectivity index is 1.18. The molecule has 2 fully saturated rings. The molecule has 4 heterocycles. The zero-order valence-corrected chi connectivity index (χ0v) is 18.8. The van der Waals surface area contributed by atoms with Crippen molar-refractivity contribution >= 4 is 29.0 Å². The van der Waals surface area contributed by atoms with Gasteiger partial charge >= 0.3 is 0 Å². The van der Waals surface area contributed by atoms with Crippen molar-refractivity contribution in [2.45, 2.75) is 32.2 Å². The Morgan fingerprint density at radius 2 is 2.03 bits per heavy atom. The van der Waals surface area contributed by atoms with E-state index < -0.39 is 0 Å². The minimum Gasteiger partial charge on any atom is -0.497 e. The number of methoxy groups -OCH3 is 1. The van der Waals surface area contributed by atoms with Crippen LogP contribution in [0.3, 0.4) is 0 Å². The molecule has 10 nitrogen and oxygen atoms in total. The lowest BCUT2D eigenvalue weighted by molar-refractivity contribution is -0.127. The molecule has 0 radical (unpaired) electrons. The van der Waals surface area contributed by atoms with Crippen LogP contribution in [0.5, 0.6) is 5.75 Å². The molecular formula is C23H27N7O3. The number of aryl methyl sites for hydroxylation is 1. The molecule has 2 aromatic heterocycles. The van der Waals surface area contributed by atoms with E-state index in [9.17, 15) is 9.59 Å². The molecule has 2 aliphatic rings. The summed E-state index contributed by atoms with van der Waals surface area (Å²) in [7, 11) is 1.59. The molecule has 0 saturated carbocycles. The Bertz CT molecular complexity index is 1190. The summed E-state index contributed by atoms with van der Waals surface area (Å²) in [6.07, 6.45) is 5.46. The smallest absolute Gasteiger partial charge is 0.227 e. The lowest BCUT2D eigenvalue weighted by atomic mass is 10.0. The Morgan fingerprint density at radius 1 is 1.21 bits per heavy atom. The molecular weight excluding hydrogens is 422 g/mol. The fourth-order valence-corrected chi connectivity index (χ4v) is 4.62. The van der Waals surface area contributed by atoms with Gasteiger partial charge in [0, 0.05) is 56.2 Å². The summed E-state index contributed by atoms with van der Waals surface area (Å²) < 4.78 is 7.19. The highest BCUT2D eigenvalue weighted by molar-refractivity contribution is 6.00. The maximum absolute atomic E-state index is 12.9. The van der Waals surface area contributed by atoms with Gasteiger partial charge in [-0.05, 0) is 31.9 Å². The molecule has 0 aliphatic carbocycles. The van der Waals surface area contributed by atoms with E-state index in [4.69, 9.17) is 4.74 Å². The molecule has 0 spiro atoms. The van der Waals surface area contributed by atoms with E-state index in [0.717, 1.165) is 48.9 Å². The quantitative estimate of drug-likeness (QED) is 0.631. The third kappa shape index (κ3) is 4.08. The molecule has 5 rings (SSSR count). The monoisotopic (exact) mass is 449 g/mol. The number of piperidine rings is 1. The van der Waals surface area contributed by atoms with Crippen LogP contribution >= 0.6 is 0 Å². The van der Waals surface area contributed by atoms with Crippen LogP contribution in [-0.2, 0) is 9.59 Å². The van der Waals surface area contributed by atoms with Crippen molar-refractivity contribution in [3.05, 3.63) is 42.5 Å². The number of ether oxygens (including phenoxy) is 1. The van der Waals surface area contributed by atoms with Crippen molar-refractivity contribution in [2.24, 2.45) is 5.92 Å². The van der Waals surface area contributed by atoms with Crippen LogP contribution in [0, 0.1) is 12.8 Å². The minimum absolute atomic E-state index is 0.0407. The van der Waals surface area contributed by atoms with Crippen LogP contribution in [0.25, 0.3) is 5.65 Å². The number of hydrogen-bond acceptors (Lipinski definition) is 7. The molecule has 2 aliphatic heterocycles. The molecule has 0 bridgehead atoms. The van der Waals surface area contributed by atoms with Gasteiger partial charge < -0.3 is 19.9 Å². The van der Waals surface area contributed by atoms with Gasteiger partial charge in [-0.1, -0.05) is 6.07 Å². The first kappa shape index (κ1) is 21.2.